The van der Waals surface area contributed by atoms with Gasteiger partial charge in [0, 0.05) is 17.8 Å². The summed E-state index contributed by atoms with van der Waals surface area (Å²) in [5.41, 5.74) is -0.672. The number of thiazole rings is 1. The standard InChI is InChI=1S/C12H13N3O4S2/c1-20-4-2-8(11(18)19)14-9(16)7-6-13-12-15(10(7)17)3-5-21-12/h3,5-6,8H,2,4H2,1H3,(H,14,16)(H,18,19)/t8-/m1/s1. The normalized spacial score (nSPS) is 12.2. The number of hydrogen-bond acceptors (Lipinski definition) is 6. The molecule has 2 aromatic rings. The number of fused-ring (bicyclic) bond motifs is 1. The van der Waals surface area contributed by atoms with Gasteiger partial charge in [0.1, 0.15) is 11.6 Å². The van der Waals surface area contributed by atoms with Crippen LogP contribution in [0.25, 0.3) is 4.96 Å². The van der Waals surface area contributed by atoms with Crippen molar-refractivity contribution < 1.29 is 14.7 Å². The van der Waals surface area contributed by atoms with Crippen LogP contribution in [0.1, 0.15) is 16.8 Å². The molecule has 0 saturated carbocycles. The lowest BCUT2D eigenvalue weighted by Gasteiger charge is -2.13. The summed E-state index contributed by atoms with van der Waals surface area (Å²) >= 11 is 2.76. The van der Waals surface area contributed by atoms with Crippen LogP contribution < -0.4 is 10.9 Å². The quantitative estimate of drug-likeness (QED) is 0.810. The number of carbonyl (C=O) groups excluding carboxylic acids is 1. The molecule has 0 aliphatic rings. The number of carboxylic acid groups (broad SMARTS) is 1. The summed E-state index contributed by atoms with van der Waals surface area (Å²) in [6, 6.07) is -1.02. The number of hydrogen-bond donors (Lipinski definition) is 2. The molecule has 7 nitrogen and oxygen atoms in total. The van der Waals surface area contributed by atoms with Crippen molar-refractivity contribution in [2.24, 2.45) is 0 Å². The van der Waals surface area contributed by atoms with Crippen molar-refractivity contribution in [2.75, 3.05) is 12.0 Å². The first-order valence-electron chi connectivity index (χ1n) is 6.02. The maximum absolute atomic E-state index is 12.1. The zero-order valence-electron chi connectivity index (χ0n) is 11.1. The molecule has 112 valence electrons. The smallest absolute Gasteiger partial charge is 0.326 e. The molecule has 1 atom stereocenters. The van der Waals surface area contributed by atoms with Crippen LogP contribution in [0.2, 0.25) is 0 Å². The van der Waals surface area contributed by atoms with E-state index < -0.39 is 23.5 Å². The molecule has 0 saturated heterocycles. The molecule has 2 aromatic heterocycles. The number of thioether (sulfide) groups is 1. The highest BCUT2D eigenvalue weighted by atomic mass is 32.2. The molecule has 0 bridgehead atoms. The average molecular weight is 327 g/mol. The van der Waals surface area contributed by atoms with Crippen molar-refractivity contribution in [1.29, 1.82) is 0 Å². The Morgan fingerprint density at radius 3 is 3.00 bits per heavy atom. The molecule has 0 fully saturated rings. The molecule has 2 rings (SSSR count). The lowest BCUT2D eigenvalue weighted by Crippen LogP contribution is -2.43. The molecular weight excluding hydrogens is 314 g/mol. The Kier molecular flexibility index (Phi) is 4.97. The van der Waals surface area contributed by atoms with Crippen LogP contribution in [-0.2, 0) is 4.79 Å². The number of aromatic nitrogens is 2. The van der Waals surface area contributed by atoms with Crippen LogP contribution in [0.15, 0.2) is 22.6 Å². The fourth-order valence-electron chi connectivity index (χ4n) is 1.71. The van der Waals surface area contributed by atoms with Gasteiger partial charge in [0.05, 0.1) is 0 Å². The lowest BCUT2D eigenvalue weighted by atomic mass is 10.2. The minimum atomic E-state index is -1.12. The van der Waals surface area contributed by atoms with E-state index in [1.54, 1.807) is 5.38 Å². The van der Waals surface area contributed by atoms with Crippen LogP contribution in [0.4, 0.5) is 0 Å². The van der Waals surface area contributed by atoms with Crippen molar-refractivity contribution >= 4 is 39.9 Å². The molecule has 2 N–H and O–H groups in total. The molecular formula is C12H13N3O4S2. The molecule has 0 aliphatic heterocycles. The second-order valence-corrected chi connectivity index (χ2v) is 6.04. The molecule has 0 aromatic carbocycles. The third kappa shape index (κ3) is 3.42. The summed E-state index contributed by atoms with van der Waals surface area (Å²) in [7, 11) is 0. The van der Waals surface area contributed by atoms with Gasteiger partial charge < -0.3 is 10.4 Å². The van der Waals surface area contributed by atoms with Crippen LogP contribution in [0, 0.1) is 0 Å². The third-order valence-corrected chi connectivity index (χ3v) is 4.22. The molecule has 1 amide bonds. The fourth-order valence-corrected chi connectivity index (χ4v) is 2.86. The molecule has 0 unspecified atom stereocenters. The maximum Gasteiger partial charge on any atom is 0.326 e. The number of aliphatic carboxylic acids is 1. The number of carboxylic acids is 1. The number of nitrogens with one attached hydrogen (secondary N) is 1. The van der Waals surface area contributed by atoms with Crippen LogP contribution in [0.5, 0.6) is 0 Å². The number of carbonyl (C=O) groups is 2. The van der Waals surface area contributed by atoms with Crippen LogP contribution >= 0.6 is 23.1 Å². The average Bonchev–Trinajstić information content (AvgIpc) is 2.92. The molecule has 0 radical (unpaired) electrons. The zero-order valence-corrected chi connectivity index (χ0v) is 12.7. The van der Waals surface area contributed by atoms with E-state index in [2.05, 4.69) is 10.3 Å². The number of rotatable bonds is 6. The monoisotopic (exact) mass is 327 g/mol. The third-order valence-electron chi connectivity index (χ3n) is 2.80. The van der Waals surface area contributed by atoms with Crippen molar-refractivity contribution in [2.45, 2.75) is 12.5 Å². The van der Waals surface area contributed by atoms with Gasteiger partial charge in [0.25, 0.3) is 11.5 Å². The number of nitrogens with zero attached hydrogens (tertiary/aromatic N) is 2. The maximum atomic E-state index is 12.1. The Balaban J connectivity index is 2.23. The Morgan fingerprint density at radius 1 is 1.57 bits per heavy atom. The summed E-state index contributed by atoms with van der Waals surface area (Å²) in [4.78, 5) is 39.8. The first-order valence-corrected chi connectivity index (χ1v) is 8.29. The first-order chi connectivity index (χ1) is 10.0. The molecule has 2 heterocycles. The van der Waals surface area contributed by atoms with E-state index in [-0.39, 0.29) is 12.0 Å². The number of amides is 1. The van der Waals surface area contributed by atoms with E-state index in [0.717, 1.165) is 0 Å². The minimum absolute atomic E-state index is 0.165. The summed E-state index contributed by atoms with van der Waals surface area (Å²) in [5.74, 6) is -1.25. The summed E-state index contributed by atoms with van der Waals surface area (Å²) in [6.07, 6.45) is 4.84. The summed E-state index contributed by atoms with van der Waals surface area (Å²) < 4.78 is 1.26. The van der Waals surface area contributed by atoms with Gasteiger partial charge in [0.15, 0.2) is 4.96 Å². The first kappa shape index (κ1) is 15.5. The highest BCUT2D eigenvalue weighted by molar-refractivity contribution is 7.98. The summed E-state index contributed by atoms with van der Waals surface area (Å²) in [5, 5.41) is 13.1. The van der Waals surface area contributed by atoms with Gasteiger partial charge in [0.2, 0.25) is 0 Å². The minimum Gasteiger partial charge on any atom is -0.480 e. The second-order valence-electron chi connectivity index (χ2n) is 4.18. The van der Waals surface area contributed by atoms with E-state index >= 15 is 0 Å². The van der Waals surface area contributed by atoms with Gasteiger partial charge in [-0.2, -0.15) is 11.8 Å². The van der Waals surface area contributed by atoms with E-state index in [4.69, 9.17) is 5.11 Å². The Bertz CT molecular complexity index is 725. The van der Waals surface area contributed by atoms with Gasteiger partial charge in [-0.1, -0.05) is 0 Å². The van der Waals surface area contributed by atoms with Crippen molar-refractivity contribution in [3.05, 3.63) is 33.7 Å². The van der Waals surface area contributed by atoms with Gasteiger partial charge in [-0.3, -0.25) is 14.0 Å². The topological polar surface area (TPSA) is 101 Å². The fraction of sp³-hybridized carbons (Fsp3) is 0.333. The molecule has 9 heteroatoms. The van der Waals surface area contributed by atoms with Crippen molar-refractivity contribution in [3.8, 4) is 0 Å². The Labute approximate surface area is 128 Å². The largest absolute Gasteiger partial charge is 0.480 e. The van der Waals surface area contributed by atoms with Crippen LogP contribution in [-0.4, -0.2) is 44.4 Å². The van der Waals surface area contributed by atoms with Gasteiger partial charge >= 0.3 is 5.97 Å². The molecule has 0 spiro atoms. The van der Waals surface area contributed by atoms with E-state index in [1.165, 1.54) is 39.9 Å². The van der Waals surface area contributed by atoms with E-state index in [9.17, 15) is 14.4 Å². The second kappa shape index (κ2) is 6.72. The van der Waals surface area contributed by atoms with E-state index in [1.807, 2.05) is 6.26 Å². The predicted molar refractivity (Wildman–Crippen MR) is 81.2 cm³/mol. The van der Waals surface area contributed by atoms with Gasteiger partial charge in [-0.25, -0.2) is 9.78 Å². The zero-order chi connectivity index (χ0) is 15.4. The Hall–Kier alpha value is -1.87. The lowest BCUT2D eigenvalue weighted by molar-refractivity contribution is -0.139. The van der Waals surface area contributed by atoms with Crippen LogP contribution in [0.3, 0.4) is 0 Å². The Morgan fingerprint density at radius 2 is 2.33 bits per heavy atom. The molecule has 0 aliphatic carbocycles. The van der Waals surface area contributed by atoms with Gasteiger partial charge in [-0.15, -0.1) is 11.3 Å². The highest BCUT2D eigenvalue weighted by Crippen LogP contribution is 2.06. The van der Waals surface area contributed by atoms with Crippen molar-refractivity contribution in [3.63, 3.8) is 0 Å². The molecule has 21 heavy (non-hydrogen) atoms. The van der Waals surface area contributed by atoms with Crippen molar-refractivity contribution in [1.82, 2.24) is 14.7 Å². The van der Waals surface area contributed by atoms with Gasteiger partial charge in [-0.05, 0) is 18.4 Å². The SMILES string of the molecule is CSCC[C@@H](NC(=O)c1cnc2sccn2c1=O)C(=O)O. The predicted octanol–water partition coefficient (Wildman–Crippen LogP) is 0.692. The summed E-state index contributed by atoms with van der Waals surface area (Å²) in [6.45, 7) is 0. The van der Waals surface area contributed by atoms with E-state index in [0.29, 0.717) is 10.7 Å². The highest BCUT2D eigenvalue weighted by Gasteiger charge is 2.22.